The number of hydrogen-bond donors (Lipinski definition) is 1. The van der Waals surface area contributed by atoms with E-state index in [1.54, 1.807) is 6.33 Å². The SMILES string of the molecule is Cc1cc2nc[nH]c2cc1C.[HH]. The molecule has 0 saturated carbocycles. The second kappa shape index (κ2) is 2.09. The molecule has 1 aromatic carbocycles. The summed E-state index contributed by atoms with van der Waals surface area (Å²) in [4.78, 5) is 7.24. The van der Waals surface area contributed by atoms with E-state index in [1.165, 1.54) is 11.1 Å². The van der Waals surface area contributed by atoms with Gasteiger partial charge in [-0.25, -0.2) is 4.98 Å². The monoisotopic (exact) mass is 148 g/mol. The molecule has 0 radical (unpaired) electrons. The Bertz CT molecular complexity index is 356. The normalized spacial score (nSPS) is 10.7. The third-order valence-electron chi connectivity index (χ3n) is 2.04. The summed E-state index contributed by atoms with van der Waals surface area (Å²) in [7, 11) is 0. The minimum atomic E-state index is 0. The van der Waals surface area contributed by atoms with Gasteiger partial charge in [-0.1, -0.05) is 0 Å². The van der Waals surface area contributed by atoms with Crippen molar-refractivity contribution in [3.05, 3.63) is 29.6 Å². The number of hydrogen-bond acceptors (Lipinski definition) is 1. The summed E-state index contributed by atoms with van der Waals surface area (Å²) >= 11 is 0. The van der Waals surface area contributed by atoms with Crippen LogP contribution in [0.4, 0.5) is 0 Å². The lowest BCUT2D eigenvalue weighted by Gasteiger charge is -1.97. The molecule has 0 unspecified atom stereocenters. The van der Waals surface area contributed by atoms with Gasteiger partial charge in [-0.2, -0.15) is 0 Å². The summed E-state index contributed by atoms with van der Waals surface area (Å²) in [6, 6.07) is 4.22. The molecule has 0 aliphatic rings. The predicted molar refractivity (Wildman–Crippen MR) is 47.7 cm³/mol. The standard InChI is InChI=1S/C9H10N2.H2/c1-6-3-8-9(4-7(6)2)11-5-10-8;/h3-5H,1-2H3,(H,10,11);1H. The minimum absolute atomic E-state index is 0. The number of aromatic nitrogens is 2. The van der Waals surface area contributed by atoms with Crippen LogP contribution in [0, 0.1) is 13.8 Å². The highest BCUT2D eigenvalue weighted by molar-refractivity contribution is 5.76. The third-order valence-corrected chi connectivity index (χ3v) is 2.04. The van der Waals surface area contributed by atoms with Gasteiger partial charge in [0.1, 0.15) is 0 Å². The van der Waals surface area contributed by atoms with Crippen LogP contribution in [0.5, 0.6) is 0 Å². The molecule has 0 aliphatic carbocycles. The van der Waals surface area contributed by atoms with Gasteiger partial charge >= 0.3 is 0 Å². The number of fused-ring (bicyclic) bond motifs is 1. The summed E-state index contributed by atoms with van der Waals surface area (Å²) in [6.07, 6.45) is 1.73. The van der Waals surface area contributed by atoms with E-state index in [9.17, 15) is 0 Å². The van der Waals surface area contributed by atoms with Crippen molar-refractivity contribution in [1.82, 2.24) is 9.97 Å². The molecular formula is C9H12N2. The van der Waals surface area contributed by atoms with Crippen LogP contribution in [0.3, 0.4) is 0 Å². The molecule has 1 N–H and O–H groups in total. The molecule has 11 heavy (non-hydrogen) atoms. The number of aromatic amines is 1. The molecule has 0 aliphatic heterocycles. The Hall–Kier alpha value is -1.31. The largest absolute Gasteiger partial charge is 0.345 e. The maximum atomic E-state index is 4.17. The first kappa shape index (κ1) is 6.40. The fourth-order valence-corrected chi connectivity index (χ4v) is 1.19. The molecule has 0 atom stereocenters. The number of nitrogens with one attached hydrogen (secondary N) is 1. The van der Waals surface area contributed by atoms with Gasteiger partial charge in [0.25, 0.3) is 0 Å². The molecule has 0 fully saturated rings. The topological polar surface area (TPSA) is 28.7 Å². The average molecular weight is 148 g/mol. The molecule has 0 saturated heterocycles. The van der Waals surface area contributed by atoms with Gasteiger partial charge in [0.2, 0.25) is 0 Å². The van der Waals surface area contributed by atoms with E-state index < -0.39 is 0 Å². The van der Waals surface area contributed by atoms with Gasteiger partial charge in [-0.15, -0.1) is 0 Å². The first-order valence-electron chi connectivity index (χ1n) is 3.68. The maximum absolute atomic E-state index is 4.17. The second-order valence-electron chi connectivity index (χ2n) is 2.86. The highest BCUT2D eigenvalue weighted by atomic mass is 14.9. The highest BCUT2D eigenvalue weighted by Gasteiger charge is 1.97. The third kappa shape index (κ3) is 0.909. The van der Waals surface area contributed by atoms with Crippen molar-refractivity contribution in [2.75, 3.05) is 0 Å². The van der Waals surface area contributed by atoms with Gasteiger partial charge < -0.3 is 4.98 Å². The minimum Gasteiger partial charge on any atom is -0.345 e. The summed E-state index contributed by atoms with van der Waals surface area (Å²) in [6.45, 7) is 4.21. The van der Waals surface area contributed by atoms with Gasteiger partial charge in [-0.3, -0.25) is 0 Å². The van der Waals surface area contributed by atoms with Crippen LogP contribution in [-0.4, -0.2) is 9.97 Å². The maximum Gasteiger partial charge on any atom is 0.0931 e. The van der Waals surface area contributed by atoms with Crippen LogP contribution in [0.15, 0.2) is 18.5 Å². The smallest absolute Gasteiger partial charge is 0.0931 e. The molecule has 2 aromatic rings. The van der Waals surface area contributed by atoms with Crippen LogP contribution in [0.1, 0.15) is 12.6 Å². The first-order chi connectivity index (χ1) is 5.27. The van der Waals surface area contributed by atoms with Crippen molar-refractivity contribution in [1.29, 1.82) is 0 Å². The number of imidazole rings is 1. The zero-order valence-electron chi connectivity index (χ0n) is 6.68. The lowest BCUT2D eigenvalue weighted by Crippen LogP contribution is -1.79. The zero-order chi connectivity index (χ0) is 7.84. The number of nitrogens with zero attached hydrogens (tertiary/aromatic N) is 1. The van der Waals surface area contributed by atoms with Crippen LogP contribution in [0.25, 0.3) is 11.0 Å². The van der Waals surface area contributed by atoms with Crippen LogP contribution in [-0.2, 0) is 0 Å². The lowest BCUT2D eigenvalue weighted by molar-refractivity contribution is 1.34. The van der Waals surface area contributed by atoms with Crippen molar-refractivity contribution in [2.24, 2.45) is 0 Å². The van der Waals surface area contributed by atoms with E-state index in [0.717, 1.165) is 11.0 Å². The van der Waals surface area contributed by atoms with Crippen LogP contribution >= 0.6 is 0 Å². The summed E-state index contributed by atoms with van der Waals surface area (Å²) in [5.74, 6) is 0. The second-order valence-corrected chi connectivity index (χ2v) is 2.86. The Balaban J connectivity index is 0.000000720. The molecular weight excluding hydrogens is 136 g/mol. The van der Waals surface area contributed by atoms with Gasteiger partial charge in [0, 0.05) is 1.43 Å². The van der Waals surface area contributed by atoms with E-state index in [4.69, 9.17) is 0 Å². The Kier molecular flexibility index (Phi) is 1.22. The zero-order valence-corrected chi connectivity index (χ0v) is 6.68. The van der Waals surface area contributed by atoms with E-state index in [2.05, 4.69) is 35.9 Å². The number of rotatable bonds is 0. The Labute approximate surface area is 66.8 Å². The molecule has 2 nitrogen and oxygen atoms in total. The molecule has 58 valence electrons. The summed E-state index contributed by atoms with van der Waals surface area (Å²) < 4.78 is 0. The van der Waals surface area contributed by atoms with Crippen molar-refractivity contribution >= 4 is 11.0 Å². The fraction of sp³-hybridized carbons (Fsp3) is 0.222. The van der Waals surface area contributed by atoms with Gasteiger partial charge in [0.05, 0.1) is 17.4 Å². The molecule has 2 rings (SSSR count). The quantitative estimate of drug-likeness (QED) is 0.610. The summed E-state index contributed by atoms with van der Waals surface area (Å²) in [5, 5.41) is 0. The highest BCUT2D eigenvalue weighted by Crippen LogP contribution is 2.14. The van der Waals surface area contributed by atoms with Crippen molar-refractivity contribution in [3.8, 4) is 0 Å². The number of aryl methyl sites for hydroxylation is 2. The Morgan fingerprint density at radius 2 is 2.00 bits per heavy atom. The lowest BCUT2D eigenvalue weighted by atomic mass is 10.1. The average Bonchev–Trinajstić information content (AvgIpc) is 2.36. The Morgan fingerprint density at radius 1 is 1.27 bits per heavy atom. The molecule has 2 heteroatoms. The van der Waals surface area contributed by atoms with Crippen molar-refractivity contribution < 1.29 is 1.43 Å². The predicted octanol–water partition coefficient (Wildman–Crippen LogP) is 2.43. The molecule has 0 amide bonds. The van der Waals surface area contributed by atoms with Crippen molar-refractivity contribution in [2.45, 2.75) is 13.8 Å². The van der Waals surface area contributed by atoms with Crippen LogP contribution < -0.4 is 0 Å². The molecule has 1 aromatic heterocycles. The van der Waals surface area contributed by atoms with Crippen LogP contribution in [0.2, 0.25) is 0 Å². The number of H-pyrrole nitrogens is 1. The Morgan fingerprint density at radius 3 is 2.82 bits per heavy atom. The fourth-order valence-electron chi connectivity index (χ4n) is 1.19. The van der Waals surface area contributed by atoms with Crippen molar-refractivity contribution in [3.63, 3.8) is 0 Å². The first-order valence-corrected chi connectivity index (χ1v) is 3.68. The van der Waals surface area contributed by atoms with Gasteiger partial charge in [-0.05, 0) is 37.1 Å². The summed E-state index contributed by atoms with van der Waals surface area (Å²) in [5.41, 5.74) is 4.77. The van der Waals surface area contributed by atoms with Gasteiger partial charge in [0.15, 0.2) is 0 Å². The molecule has 0 spiro atoms. The molecule has 0 bridgehead atoms. The van der Waals surface area contributed by atoms with E-state index >= 15 is 0 Å². The number of benzene rings is 1. The van der Waals surface area contributed by atoms with E-state index in [1.807, 2.05) is 0 Å². The van der Waals surface area contributed by atoms with E-state index in [-0.39, 0.29) is 1.43 Å². The molecule has 1 heterocycles. The van der Waals surface area contributed by atoms with E-state index in [0.29, 0.717) is 0 Å².